The van der Waals surface area contributed by atoms with Crippen molar-refractivity contribution in [3.8, 4) is 11.1 Å². The number of carbonyl (C=O) groups excluding carboxylic acids is 2. The summed E-state index contributed by atoms with van der Waals surface area (Å²) in [4.78, 5) is 28.9. The van der Waals surface area contributed by atoms with Crippen LogP contribution < -0.4 is 5.73 Å². The maximum absolute atomic E-state index is 15.6. The number of hydrogen-bond donors (Lipinski definition) is 2. The SMILES string of the molecule is CC(=O)N1CCc2c(cccc2-c2c(F)cc(C(N)=O)c3[nH]c4c(c23)C[S+]([O-])CC4)C1. The summed E-state index contributed by atoms with van der Waals surface area (Å²) >= 11 is -1.04. The van der Waals surface area contributed by atoms with Crippen LogP contribution in [0.3, 0.4) is 0 Å². The van der Waals surface area contributed by atoms with E-state index < -0.39 is 22.9 Å². The highest BCUT2D eigenvalue weighted by atomic mass is 32.2. The Kier molecular flexibility index (Phi) is 4.79. The van der Waals surface area contributed by atoms with Gasteiger partial charge in [0.2, 0.25) is 5.91 Å². The first-order chi connectivity index (χ1) is 14.8. The van der Waals surface area contributed by atoms with Crippen LogP contribution >= 0.6 is 0 Å². The summed E-state index contributed by atoms with van der Waals surface area (Å²) in [7, 11) is 0. The predicted molar refractivity (Wildman–Crippen MR) is 117 cm³/mol. The zero-order chi connectivity index (χ0) is 21.9. The minimum Gasteiger partial charge on any atom is -0.616 e. The van der Waals surface area contributed by atoms with E-state index in [1.807, 2.05) is 18.2 Å². The van der Waals surface area contributed by atoms with Crippen LogP contribution in [0.1, 0.15) is 39.7 Å². The Morgan fingerprint density at radius 1 is 1.26 bits per heavy atom. The fraction of sp³-hybridized carbons (Fsp3) is 0.304. The second-order valence-electron chi connectivity index (χ2n) is 8.15. The Hall–Kier alpha value is -2.84. The third-order valence-electron chi connectivity index (χ3n) is 6.35. The molecule has 31 heavy (non-hydrogen) atoms. The van der Waals surface area contributed by atoms with Crippen LogP contribution in [0.5, 0.6) is 0 Å². The molecule has 1 unspecified atom stereocenters. The van der Waals surface area contributed by atoms with Crippen molar-refractivity contribution in [1.82, 2.24) is 9.88 Å². The van der Waals surface area contributed by atoms with Crippen LogP contribution in [0.4, 0.5) is 4.39 Å². The van der Waals surface area contributed by atoms with E-state index in [-0.39, 0.29) is 11.5 Å². The number of aromatic nitrogens is 1. The lowest BCUT2D eigenvalue weighted by Gasteiger charge is -2.29. The number of nitrogens with zero attached hydrogens (tertiary/aromatic N) is 1. The van der Waals surface area contributed by atoms with Gasteiger partial charge in [-0.25, -0.2) is 4.39 Å². The molecule has 160 valence electrons. The standard InChI is InChI=1S/C23H22FN3O3S/c1-12(28)27-7-5-14-13(10-27)3-2-4-15(14)20-18(24)9-16(23(25)29)22-21(20)17-11-31(30)8-6-19(17)26-22/h2-4,9,26H,5-8,10-11H2,1H3,(H2,25,29). The number of H-pyrrole nitrogens is 1. The van der Waals surface area contributed by atoms with Gasteiger partial charge in [0, 0.05) is 48.6 Å². The normalized spacial score (nSPS) is 18.0. The Balaban J connectivity index is 1.79. The predicted octanol–water partition coefficient (Wildman–Crippen LogP) is 2.78. The van der Waals surface area contributed by atoms with Crippen molar-refractivity contribution in [2.75, 3.05) is 12.3 Å². The van der Waals surface area contributed by atoms with Crippen LogP contribution in [0.25, 0.3) is 22.0 Å². The van der Waals surface area contributed by atoms with Crippen molar-refractivity contribution in [2.45, 2.75) is 32.1 Å². The van der Waals surface area contributed by atoms with E-state index in [9.17, 15) is 14.1 Å². The maximum atomic E-state index is 15.6. The molecule has 1 aromatic heterocycles. The Morgan fingerprint density at radius 2 is 2.06 bits per heavy atom. The van der Waals surface area contributed by atoms with Crippen LogP contribution in [0.2, 0.25) is 0 Å². The molecule has 2 aliphatic heterocycles. The number of aromatic amines is 1. The summed E-state index contributed by atoms with van der Waals surface area (Å²) in [5, 5.41) is 0.597. The molecule has 1 atom stereocenters. The average Bonchev–Trinajstić information content (AvgIpc) is 3.10. The lowest BCUT2D eigenvalue weighted by Crippen LogP contribution is -2.34. The molecule has 3 heterocycles. The van der Waals surface area contributed by atoms with E-state index in [2.05, 4.69) is 4.98 Å². The smallest absolute Gasteiger partial charge is 0.250 e. The molecule has 8 heteroatoms. The quantitative estimate of drug-likeness (QED) is 0.600. The zero-order valence-corrected chi connectivity index (χ0v) is 17.9. The number of hydrogen-bond acceptors (Lipinski definition) is 3. The third-order valence-corrected chi connectivity index (χ3v) is 7.62. The molecule has 0 fully saturated rings. The molecule has 6 nitrogen and oxygen atoms in total. The third kappa shape index (κ3) is 3.21. The molecule has 2 aromatic carbocycles. The molecule has 3 N–H and O–H groups in total. The summed E-state index contributed by atoms with van der Waals surface area (Å²) in [5.74, 6) is -0.371. The number of nitrogens with one attached hydrogen (secondary N) is 1. The zero-order valence-electron chi connectivity index (χ0n) is 17.1. The highest BCUT2D eigenvalue weighted by molar-refractivity contribution is 7.90. The molecule has 0 aliphatic carbocycles. The Bertz CT molecular complexity index is 1250. The number of fused-ring (bicyclic) bond motifs is 4. The number of carbonyl (C=O) groups is 2. The van der Waals surface area contributed by atoms with Crippen LogP contribution in [0, 0.1) is 5.82 Å². The lowest BCUT2D eigenvalue weighted by molar-refractivity contribution is -0.129. The topological polar surface area (TPSA) is 102 Å². The molecule has 0 bridgehead atoms. The van der Waals surface area contributed by atoms with E-state index in [4.69, 9.17) is 5.73 Å². The van der Waals surface area contributed by atoms with Crippen LogP contribution in [0.15, 0.2) is 24.3 Å². The number of benzene rings is 2. The fourth-order valence-electron chi connectivity index (χ4n) is 4.85. The van der Waals surface area contributed by atoms with Crippen molar-refractivity contribution in [1.29, 1.82) is 0 Å². The first-order valence-electron chi connectivity index (χ1n) is 10.2. The highest BCUT2D eigenvalue weighted by Crippen LogP contribution is 2.42. The largest absolute Gasteiger partial charge is 0.616 e. The number of nitrogens with two attached hydrogens (primary N) is 1. The van der Waals surface area contributed by atoms with Crippen LogP contribution in [-0.2, 0) is 41.1 Å². The first-order valence-corrected chi connectivity index (χ1v) is 11.7. The summed E-state index contributed by atoms with van der Waals surface area (Å²) in [6.45, 7) is 2.60. The second-order valence-corrected chi connectivity index (χ2v) is 9.73. The summed E-state index contributed by atoms with van der Waals surface area (Å²) < 4.78 is 27.9. The molecule has 0 saturated carbocycles. The van der Waals surface area contributed by atoms with Crippen molar-refractivity contribution < 1.29 is 18.5 Å². The number of rotatable bonds is 2. The molecule has 0 spiro atoms. The lowest BCUT2D eigenvalue weighted by atomic mass is 9.87. The molecule has 0 saturated heterocycles. The van der Waals surface area contributed by atoms with Gasteiger partial charge in [0.15, 0.2) is 0 Å². The van der Waals surface area contributed by atoms with Crippen molar-refractivity contribution in [3.63, 3.8) is 0 Å². The maximum Gasteiger partial charge on any atom is 0.250 e. The van der Waals surface area contributed by atoms with E-state index in [1.165, 1.54) is 6.07 Å². The number of amides is 2. The van der Waals surface area contributed by atoms with Gasteiger partial charge < -0.3 is 20.2 Å². The van der Waals surface area contributed by atoms with Crippen molar-refractivity contribution in [2.24, 2.45) is 5.73 Å². The van der Waals surface area contributed by atoms with Gasteiger partial charge in [-0.05, 0) is 40.4 Å². The summed E-state index contributed by atoms with van der Waals surface area (Å²) in [5.41, 5.74) is 11.0. The van der Waals surface area contributed by atoms with E-state index >= 15 is 4.39 Å². The van der Waals surface area contributed by atoms with E-state index in [1.54, 1.807) is 11.8 Å². The van der Waals surface area contributed by atoms with Crippen molar-refractivity contribution in [3.05, 3.63) is 58.0 Å². The highest BCUT2D eigenvalue weighted by Gasteiger charge is 2.30. The van der Waals surface area contributed by atoms with Gasteiger partial charge in [-0.3, -0.25) is 9.59 Å². The van der Waals surface area contributed by atoms with Crippen molar-refractivity contribution >= 4 is 33.9 Å². The molecule has 5 rings (SSSR count). The van der Waals surface area contributed by atoms with Gasteiger partial charge in [-0.1, -0.05) is 18.2 Å². The van der Waals surface area contributed by atoms with Gasteiger partial charge >= 0.3 is 0 Å². The number of primary amides is 1. The van der Waals surface area contributed by atoms with Gasteiger partial charge in [0.05, 0.1) is 11.1 Å². The van der Waals surface area contributed by atoms with Gasteiger partial charge in [-0.2, -0.15) is 0 Å². The minimum atomic E-state index is -1.04. The van der Waals surface area contributed by atoms with Gasteiger partial charge in [0.25, 0.3) is 5.91 Å². The number of halogens is 1. The molecule has 2 amide bonds. The second kappa shape index (κ2) is 7.39. The molecule has 3 aromatic rings. The monoisotopic (exact) mass is 439 g/mol. The Morgan fingerprint density at radius 3 is 2.81 bits per heavy atom. The molecule has 2 aliphatic rings. The van der Waals surface area contributed by atoms with Gasteiger partial charge in [0.1, 0.15) is 17.3 Å². The van der Waals surface area contributed by atoms with Gasteiger partial charge in [-0.15, -0.1) is 0 Å². The van der Waals surface area contributed by atoms with Crippen LogP contribution in [-0.4, -0.2) is 38.5 Å². The number of aryl methyl sites for hydroxylation is 1. The fourth-order valence-corrected chi connectivity index (χ4v) is 6.07. The summed E-state index contributed by atoms with van der Waals surface area (Å²) in [6, 6.07) is 6.90. The van der Waals surface area contributed by atoms with E-state index in [0.29, 0.717) is 53.9 Å². The van der Waals surface area contributed by atoms with E-state index in [0.717, 1.165) is 27.9 Å². The molecular formula is C23H22FN3O3S. The average molecular weight is 440 g/mol. The summed E-state index contributed by atoms with van der Waals surface area (Å²) in [6.07, 6.45) is 1.19. The molecular weight excluding hydrogens is 417 g/mol. The first kappa shape index (κ1) is 20.1. The minimum absolute atomic E-state index is 0.0117. The Labute approximate surface area is 181 Å². The molecule has 0 radical (unpaired) electrons.